The maximum Gasteiger partial charge on any atom is 0.322 e. The third kappa shape index (κ3) is 2.81. The Balaban J connectivity index is 1.80. The highest BCUT2D eigenvalue weighted by molar-refractivity contribution is 6.30. The number of nitrogens with one attached hydrogen (secondary N) is 1. The smallest absolute Gasteiger partial charge is 0.322 e. The lowest BCUT2D eigenvalue weighted by Gasteiger charge is -2.25. The van der Waals surface area contributed by atoms with Crippen LogP contribution in [0, 0.1) is 13.8 Å². The van der Waals surface area contributed by atoms with Crippen LogP contribution in [0.25, 0.3) is 0 Å². The number of amides is 2. The highest BCUT2D eigenvalue weighted by Gasteiger charge is 2.33. The number of carbonyl (C=O) groups excluding carboxylic acids is 1. The zero-order chi connectivity index (χ0) is 15.7. The molecule has 2 aromatic rings. The number of hydrogen-bond acceptors (Lipinski definition) is 3. The van der Waals surface area contributed by atoms with Gasteiger partial charge in [0.2, 0.25) is 0 Å². The fourth-order valence-corrected chi connectivity index (χ4v) is 3.23. The summed E-state index contributed by atoms with van der Waals surface area (Å²) in [7, 11) is 0. The molecule has 1 unspecified atom stereocenters. The van der Waals surface area contributed by atoms with Crippen molar-refractivity contribution in [3.05, 3.63) is 46.3 Å². The quantitative estimate of drug-likeness (QED) is 0.897. The van der Waals surface area contributed by atoms with Gasteiger partial charge >= 0.3 is 6.03 Å². The summed E-state index contributed by atoms with van der Waals surface area (Å²) in [6, 6.07) is 7.05. The molecule has 1 N–H and O–H groups in total. The maximum atomic E-state index is 12.6. The number of rotatable bonds is 2. The van der Waals surface area contributed by atoms with Crippen LogP contribution in [0.1, 0.15) is 35.9 Å². The minimum Gasteiger partial charge on any atom is -0.361 e. The summed E-state index contributed by atoms with van der Waals surface area (Å²) in [6.45, 7) is 4.53. The highest BCUT2D eigenvalue weighted by atomic mass is 35.5. The van der Waals surface area contributed by atoms with E-state index in [0.717, 1.165) is 36.4 Å². The van der Waals surface area contributed by atoms with E-state index < -0.39 is 0 Å². The average Bonchev–Trinajstić information content (AvgIpc) is 3.05. The van der Waals surface area contributed by atoms with Crippen LogP contribution >= 0.6 is 11.6 Å². The number of urea groups is 1. The normalized spacial score (nSPS) is 17.8. The lowest BCUT2D eigenvalue weighted by molar-refractivity contribution is 0.206. The Morgan fingerprint density at radius 1 is 1.45 bits per heavy atom. The molecular formula is C16H18ClN3O2. The molecule has 0 bridgehead atoms. The van der Waals surface area contributed by atoms with Gasteiger partial charge in [-0.3, -0.25) is 0 Å². The summed E-state index contributed by atoms with van der Waals surface area (Å²) in [5, 5.41) is 7.50. The van der Waals surface area contributed by atoms with Crippen molar-refractivity contribution in [3.8, 4) is 0 Å². The Labute approximate surface area is 134 Å². The Kier molecular flexibility index (Phi) is 4.07. The molecule has 3 rings (SSSR count). The fourth-order valence-electron chi connectivity index (χ4n) is 3.04. The molecule has 5 nitrogen and oxygen atoms in total. The Morgan fingerprint density at radius 2 is 2.27 bits per heavy atom. The molecular weight excluding hydrogens is 302 g/mol. The van der Waals surface area contributed by atoms with Crippen LogP contribution in [0.15, 0.2) is 28.8 Å². The standard InChI is InChI=1S/C16H18ClN3O2/c1-10-15(11(2)22-19-10)14-7-4-8-20(14)16(21)18-13-6-3-5-12(17)9-13/h3,5-6,9,14H,4,7-8H2,1-2H3,(H,18,21). The number of nitrogens with zero attached hydrogens (tertiary/aromatic N) is 2. The molecule has 0 radical (unpaired) electrons. The average molecular weight is 320 g/mol. The van der Waals surface area contributed by atoms with Crippen molar-refractivity contribution < 1.29 is 9.32 Å². The number of aromatic nitrogens is 1. The summed E-state index contributed by atoms with van der Waals surface area (Å²) < 4.78 is 5.24. The number of likely N-dealkylation sites (tertiary alicyclic amines) is 1. The predicted octanol–water partition coefficient (Wildman–Crippen LogP) is 4.31. The second kappa shape index (κ2) is 6.01. The number of halogens is 1. The van der Waals surface area contributed by atoms with E-state index in [2.05, 4.69) is 10.5 Å². The van der Waals surface area contributed by atoms with Gasteiger partial charge in [-0.25, -0.2) is 4.79 Å². The van der Waals surface area contributed by atoms with Crippen LogP contribution in [0.2, 0.25) is 5.02 Å². The third-order valence-electron chi connectivity index (χ3n) is 4.01. The summed E-state index contributed by atoms with van der Waals surface area (Å²) in [6.07, 6.45) is 1.89. The lowest BCUT2D eigenvalue weighted by Crippen LogP contribution is -2.34. The van der Waals surface area contributed by atoms with Crippen molar-refractivity contribution in [1.29, 1.82) is 0 Å². The van der Waals surface area contributed by atoms with E-state index in [-0.39, 0.29) is 12.1 Å². The van der Waals surface area contributed by atoms with Crippen LogP contribution in [0.4, 0.5) is 10.5 Å². The predicted molar refractivity (Wildman–Crippen MR) is 85.1 cm³/mol. The van der Waals surface area contributed by atoms with Crippen molar-refractivity contribution in [1.82, 2.24) is 10.1 Å². The van der Waals surface area contributed by atoms with Crippen molar-refractivity contribution in [3.63, 3.8) is 0 Å². The van der Waals surface area contributed by atoms with Gasteiger partial charge in [0.05, 0.1) is 11.7 Å². The Hall–Kier alpha value is -2.01. The molecule has 1 aromatic heterocycles. The van der Waals surface area contributed by atoms with Crippen molar-refractivity contribution >= 4 is 23.3 Å². The van der Waals surface area contributed by atoms with Gasteiger partial charge in [0.15, 0.2) is 0 Å². The number of aryl methyl sites for hydroxylation is 2. The minimum atomic E-state index is -0.121. The van der Waals surface area contributed by atoms with E-state index in [0.29, 0.717) is 10.7 Å². The van der Waals surface area contributed by atoms with E-state index in [1.165, 1.54) is 0 Å². The molecule has 1 fully saturated rings. The summed E-state index contributed by atoms with van der Waals surface area (Å²) >= 11 is 5.95. The first-order valence-corrected chi connectivity index (χ1v) is 7.70. The minimum absolute atomic E-state index is 0.0189. The van der Waals surface area contributed by atoms with Crippen LogP contribution in [-0.4, -0.2) is 22.6 Å². The molecule has 0 saturated carbocycles. The monoisotopic (exact) mass is 319 g/mol. The maximum absolute atomic E-state index is 12.6. The van der Waals surface area contributed by atoms with Crippen LogP contribution < -0.4 is 5.32 Å². The molecule has 1 atom stereocenters. The van der Waals surface area contributed by atoms with E-state index in [1.807, 2.05) is 30.9 Å². The van der Waals surface area contributed by atoms with Crippen molar-refractivity contribution in [2.24, 2.45) is 0 Å². The second-order valence-electron chi connectivity index (χ2n) is 5.53. The zero-order valence-electron chi connectivity index (χ0n) is 12.6. The summed E-state index contributed by atoms with van der Waals surface area (Å²) in [4.78, 5) is 14.4. The summed E-state index contributed by atoms with van der Waals surface area (Å²) in [5.74, 6) is 0.782. The topological polar surface area (TPSA) is 58.4 Å². The van der Waals surface area contributed by atoms with Gasteiger partial charge in [0, 0.05) is 22.8 Å². The SMILES string of the molecule is Cc1noc(C)c1C1CCCN1C(=O)Nc1cccc(Cl)c1. The molecule has 1 aliphatic heterocycles. The molecule has 2 amide bonds. The Bertz CT molecular complexity index is 679. The lowest BCUT2D eigenvalue weighted by atomic mass is 10.0. The van der Waals surface area contributed by atoms with E-state index >= 15 is 0 Å². The zero-order valence-corrected chi connectivity index (χ0v) is 13.4. The van der Waals surface area contributed by atoms with Gasteiger partial charge in [0.25, 0.3) is 0 Å². The molecule has 1 saturated heterocycles. The Morgan fingerprint density at radius 3 is 2.95 bits per heavy atom. The molecule has 0 aliphatic carbocycles. The molecule has 1 aliphatic rings. The van der Waals surface area contributed by atoms with Gasteiger partial charge in [-0.15, -0.1) is 0 Å². The largest absolute Gasteiger partial charge is 0.361 e. The van der Waals surface area contributed by atoms with Gasteiger partial charge < -0.3 is 14.7 Å². The van der Waals surface area contributed by atoms with Crippen LogP contribution in [-0.2, 0) is 0 Å². The molecule has 0 spiro atoms. The van der Waals surface area contributed by atoms with Gasteiger partial charge in [-0.2, -0.15) is 0 Å². The van der Waals surface area contributed by atoms with Crippen LogP contribution in [0.5, 0.6) is 0 Å². The highest BCUT2D eigenvalue weighted by Crippen LogP contribution is 2.35. The summed E-state index contributed by atoms with van der Waals surface area (Å²) in [5.41, 5.74) is 2.57. The molecule has 6 heteroatoms. The van der Waals surface area contributed by atoms with Gasteiger partial charge in [-0.1, -0.05) is 22.8 Å². The molecule has 116 valence electrons. The third-order valence-corrected chi connectivity index (χ3v) is 4.25. The molecule has 1 aromatic carbocycles. The number of carbonyl (C=O) groups is 1. The van der Waals surface area contributed by atoms with Gasteiger partial charge in [-0.05, 0) is 44.9 Å². The van der Waals surface area contributed by atoms with E-state index in [1.54, 1.807) is 12.1 Å². The number of hydrogen-bond donors (Lipinski definition) is 1. The van der Waals surface area contributed by atoms with Gasteiger partial charge in [0.1, 0.15) is 5.76 Å². The van der Waals surface area contributed by atoms with E-state index in [9.17, 15) is 4.79 Å². The molecule has 22 heavy (non-hydrogen) atoms. The fraction of sp³-hybridized carbons (Fsp3) is 0.375. The second-order valence-corrected chi connectivity index (χ2v) is 5.97. The van der Waals surface area contributed by atoms with Crippen LogP contribution in [0.3, 0.4) is 0 Å². The van der Waals surface area contributed by atoms with Crippen molar-refractivity contribution in [2.75, 3.05) is 11.9 Å². The molecule has 2 heterocycles. The number of anilines is 1. The number of benzene rings is 1. The van der Waals surface area contributed by atoms with E-state index in [4.69, 9.17) is 16.1 Å². The first-order valence-electron chi connectivity index (χ1n) is 7.32. The first-order chi connectivity index (χ1) is 10.6. The first kappa shape index (κ1) is 14.9. The van der Waals surface area contributed by atoms with Crippen molar-refractivity contribution in [2.45, 2.75) is 32.7 Å².